The van der Waals surface area contributed by atoms with E-state index in [1.54, 1.807) is 12.3 Å². The predicted molar refractivity (Wildman–Crippen MR) is 57.0 cm³/mol. The number of rotatable bonds is 3. The molecule has 0 bridgehead atoms. The van der Waals surface area contributed by atoms with Gasteiger partial charge in [-0.3, -0.25) is 4.98 Å². The van der Waals surface area contributed by atoms with Crippen LogP contribution in [0.25, 0.3) is 0 Å². The van der Waals surface area contributed by atoms with E-state index < -0.39 is 5.97 Å². The standard InChI is InChI=1S/C11H14N2O2/c1-11(2)5-9(11)13-8-3-4-12-6-7(8)10(14)15/h3-4,6,9H,5H2,1-2H3,(H,12,13)(H,14,15). The maximum absolute atomic E-state index is 10.9. The van der Waals surface area contributed by atoms with Gasteiger partial charge in [0.15, 0.2) is 0 Å². The molecule has 1 unspecified atom stereocenters. The lowest BCUT2D eigenvalue weighted by Crippen LogP contribution is -2.12. The monoisotopic (exact) mass is 206 g/mol. The molecule has 0 amide bonds. The van der Waals surface area contributed by atoms with Gasteiger partial charge in [0.1, 0.15) is 5.56 Å². The fraction of sp³-hybridized carbons (Fsp3) is 0.455. The number of carboxylic acids is 1. The molecule has 1 aromatic heterocycles. The van der Waals surface area contributed by atoms with E-state index in [9.17, 15) is 4.79 Å². The number of anilines is 1. The maximum atomic E-state index is 10.9. The third kappa shape index (κ3) is 1.93. The number of carbonyl (C=O) groups is 1. The van der Waals surface area contributed by atoms with Crippen LogP contribution < -0.4 is 5.32 Å². The first-order valence-electron chi connectivity index (χ1n) is 4.94. The van der Waals surface area contributed by atoms with Crippen molar-refractivity contribution < 1.29 is 9.90 Å². The minimum atomic E-state index is -0.941. The van der Waals surface area contributed by atoms with Crippen LogP contribution in [0.15, 0.2) is 18.5 Å². The normalized spacial score (nSPS) is 22.1. The van der Waals surface area contributed by atoms with E-state index >= 15 is 0 Å². The van der Waals surface area contributed by atoms with Crippen molar-refractivity contribution in [3.05, 3.63) is 24.0 Å². The molecule has 2 rings (SSSR count). The molecule has 80 valence electrons. The van der Waals surface area contributed by atoms with Crippen molar-refractivity contribution in [2.24, 2.45) is 5.41 Å². The molecular formula is C11H14N2O2. The van der Waals surface area contributed by atoms with Crippen molar-refractivity contribution in [2.45, 2.75) is 26.3 Å². The molecule has 0 aromatic carbocycles. The van der Waals surface area contributed by atoms with Crippen LogP contribution in [0, 0.1) is 5.41 Å². The quantitative estimate of drug-likeness (QED) is 0.793. The number of aromatic carboxylic acids is 1. The van der Waals surface area contributed by atoms with E-state index in [2.05, 4.69) is 24.1 Å². The van der Waals surface area contributed by atoms with Gasteiger partial charge >= 0.3 is 5.97 Å². The number of nitrogens with zero attached hydrogens (tertiary/aromatic N) is 1. The number of hydrogen-bond donors (Lipinski definition) is 2. The van der Waals surface area contributed by atoms with Crippen LogP contribution in [0.1, 0.15) is 30.6 Å². The van der Waals surface area contributed by atoms with Crippen molar-refractivity contribution >= 4 is 11.7 Å². The Hall–Kier alpha value is -1.58. The highest BCUT2D eigenvalue weighted by molar-refractivity contribution is 5.93. The van der Waals surface area contributed by atoms with Gasteiger partial charge in [-0.25, -0.2) is 4.79 Å². The molecule has 1 aliphatic rings. The van der Waals surface area contributed by atoms with Crippen LogP contribution in [-0.2, 0) is 0 Å². The summed E-state index contributed by atoms with van der Waals surface area (Å²) in [6.07, 6.45) is 4.05. The van der Waals surface area contributed by atoms with Gasteiger partial charge in [-0.05, 0) is 17.9 Å². The first-order chi connectivity index (χ1) is 7.00. The molecular weight excluding hydrogens is 192 g/mol. The molecule has 1 aromatic rings. The Morgan fingerprint density at radius 3 is 2.87 bits per heavy atom. The lowest BCUT2D eigenvalue weighted by molar-refractivity contribution is 0.0697. The van der Waals surface area contributed by atoms with Crippen LogP contribution in [0.3, 0.4) is 0 Å². The minimum Gasteiger partial charge on any atom is -0.478 e. The highest BCUT2D eigenvalue weighted by atomic mass is 16.4. The molecule has 0 spiro atoms. The zero-order valence-corrected chi connectivity index (χ0v) is 8.82. The van der Waals surface area contributed by atoms with E-state index in [0.29, 0.717) is 11.7 Å². The number of hydrogen-bond acceptors (Lipinski definition) is 3. The van der Waals surface area contributed by atoms with Crippen molar-refractivity contribution in [3.8, 4) is 0 Å². The summed E-state index contributed by atoms with van der Waals surface area (Å²) in [4.78, 5) is 14.7. The van der Waals surface area contributed by atoms with E-state index in [1.807, 2.05) is 0 Å². The molecule has 0 radical (unpaired) electrons. The number of nitrogens with one attached hydrogen (secondary N) is 1. The minimum absolute atomic E-state index is 0.236. The van der Waals surface area contributed by atoms with Crippen molar-refractivity contribution in [1.82, 2.24) is 4.98 Å². The average Bonchev–Trinajstić information content (AvgIpc) is 2.74. The van der Waals surface area contributed by atoms with Gasteiger partial charge in [0.05, 0.1) is 5.69 Å². The Kier molecular flexibility index (Phi) is 2.14. The van der Waals surface area contributed by atoms with Gasteiger partial charge in [0.25, 0.3) is 0 Å². The smallest absolute Gasteiger partial charge is 0.339 e. The van der Waals surface area contributed by atoms with Crippen LogP contribution >= 0.6 is 0 Å². The highest BCUT2D eigenvalue weighted by Gasteiger charge is 2.45. The second kappa shape index (κ2) is 3.22. The first kappa shape index (κ1) is 9.96. The largest absolute Gasteiger partial charge is 0.478 e. The molecule has 1 aliphatic carbocycles. The molecule has 1 fully saturated rings. The van der Waals surface area contributed by atoms with E-state index in [-0.39, 0.29) is 11.0 Å². The lowest BCUT2D eigenvalue weighted by Gasteiger charge is -2.10. The number of pyridine rings is 1. The lowest BCUT2D eigenvalue weighted by atomic mass is 10.1. The summed E-state index contributed by atoms with van der Waals surface area (Å²) < 4.78 is 0. The van der Waals surface area contributed by atoms with Crippen molar-refractivity contribution in [2.75, 3.05) is 5.32 Å². The van der Waals surface area contributed by atoms with Crippen molar-refractivity contribution in [3.63, 3.8) is 0 Å². The number of carboxylic acid groups (broad SMARTS) is 1. The summed E-state index contributed by atoms with van der Waals surface area (Å²) >= 11 is 0. The second-order valence-corrected chi connectivity index (χ2v) is 4.62. The zero-order chi connectivity index (χ0) is 11.1. The third-order valence-corrected chi connectivity index (χ3v) is 2.89. The summed E-state index contributed by atoms with van der Waals surface area (Å²) in [6.45, 7) is 4.32. The molecule has 1 saturated carbocycles. The summed E-state index contributed by atoms with van der Waals surface area (Å²) in [5.74, 6) is -0.941. The molecule has 4 heteroatoms. The van der Waals surface area contributed by atoms with Gasteiger partial charge in [0, 0.05) is 18.4 Å². The fourth-order valence-electron chi connectivity index (χ4n) is 1.59. The Labute approximate surface area is 88.3 Å². The van der Waals surface area contributed by atoms with E-state index in [0.717, 1.165) is 6.42 Å². The van der Waals surface area contributed by atoms with E-state index in [1.165, 1.54) is 6.20 Å². The van der Waals surface area contributed by atoms with Gasteiger partial charge < -0.3 is 10.4 Å². The summed E-state index contributed by atoms with van der Waals surface area (Å²) in [5, 5.41) is 12.2. The molecule has 4 nitrogen and oxygen atoms in total. The third-order valence-electron chi connectivity index (χ3n) is 2.89. The predicted octanol–water partition coefficient (Wildman–Crippen LogP) is 1.99. The molecule has 15 heavy (non-hydrogen) atoms. The summed E-state index contributed by atoms with van der Waals surface area (Å²) in [7, 11) is 0. The zero-order valence-electron chi connectivity index (χ0n) is 8.82. The highest BCUT2D eigenvalue weighted by Crippen LogP contribution is 2.46. The Morgan fingerprint density at radius 1 is 1.67 bits per heavy atom. The molecule has 0 aliphatic heterocycles. The topological polar surface area (TPSA) is 62.2 Å². The van der Waals surface area contributed by atoms with Gasteiger partial charge in [-0.2, -0.15) is 0 Å². The van der Waals surface area contributed by atoms with E-state index in [4.69, 9.17) is 5.11 Å². The molecule has 2 N–H and O–H groups in total. The molecule has 1 atom stereocenters. The van der Waals surface area contributed by atoms with Crippen LogP contribution in [0.2, 0.25) is 0 Å². The van der Waals surface area contributed by atoms with Gasteiger partial charge in [-0.1, -0.05) is 13.8 Å². The maximum Gasteiger partial charge on any atom is 0.339 e. The van der Waals surface area contributed by atoms with Crippen molar-refractivity contribution in [1.29, 1.82) is 0 Å². The Bertz CT molecular complexity index is 401. The summed E-state index contributed by atoms with van der Waals surface area (Å²) in [5.41, 5.74) is 1.17. The fourth-order valence-corrected chi connectivity index (χ4v) is 1.59. The second-order valence-electron chi connectivity index (χ2n) is 4.62. The SMILES string of the molecule is CC1(C)CC1Nc1ccncc1C(=O)O. The van der Waals surface area contributed by atoms with Crippen LogP contribution in [0.5, 0.6) is 0 Å². The van der Waals surface area contributed by atoms with Crippen LogP contribution in [-0.4, -0.2) is 22.1 Å². The number of aromatic nitrogens is 1. The Morgan fingerprint density at radius 2 is 2.33 bits per heavy atom. The first-order valence-corrected chi connectivity index (χ1v) is 4.94. The Balaban J connectivity index is 2.18. The molecule has 1 heterocycles. The molecule has 0 saturated heterocycles. The van der Waals surface area contributed by atoms with Gasteiger partial charge in [-0.15, -0.1) is 0 Å². The van der Waals surface area contributed by atoms with Gasteiger partial charge in [0.2, 0.25) is 0 Å². The van der Waals surface area contributed by atoms with Crippen LogP contribution in [0.4, 0.5) is 5.69 Å². The average molecular weight is 206 g/mol. The summed E-state index contributed by atoms with van der Waals surface area (Å²) in [6, 6.07) is 2.08.